The average molecular weight is 326 g/mol. The van der Waals surface area contributed by atoms with E-state index in [1.165, 1.54) is 0 Å². The van der Waals surface area contributed by atoms with Crippen LogP contribution in [0.15, 0.2) is 0 Å². The van der Waals surface area contributed by atoms with E-state index in [0.29, 0.717) is 6.42 Å². The van der Waals surface area contributed by atoms with E-state index in [1.54, 1.807) is 0 Å². The van der Waals surface area contributed by atoms with Crippen molar-refractivity contribution in [1.82, 2.24) is 4.90 Å². The van der Waals surface area contributed by atoms with Gasteiger partial charge in [-0.15, -0.1) is 9.79 Å². The van der Waals surface area contributed by atoms with Crippen molar-refractivity contribution in [2.24, 2.45) is 0 Å². The van der Waals surface area contributed by atoms with Gasteiger partial charge in [0.15, 0.2) is 5.85 Å². The van der Waals surface area contributed by atoms with Crippen LogP contribution in [0.3, 0.4) is 0 Å². The fourth-order valence-corrected chi connectivity index (χ4v) is 1.28. The maximum absolute atomic E-state index is 10.4. The molecule has 0 radical (unpaired) electrons. The molecule has 0 aromatic carbocycles. The van der Waals surface area contributed by atoms with E-state index in [2.05, 4.69) is 0 Å². The van der Waals surface area contributed by atoms with E-state index in [0.717, 1.165) is 6.54 Å². The van der Waals surface area contributed by atoms with Gasteiger partial charge in [-0.1, -0.05) is 0 Å². The predicted octanol–water partition coefficient (Wildman–Crippen LogP) is -6.31. The summed E-state index contributed by atoms with van der Waals surface area (Å²) in [6.45, 7) is 0.719. The summed E-state index contributed by atoms with van der Waals surface area (Å²) in [5, 5.41) is 8.92. The van der Waals surface area contributed by atoms with Crippen molar-refractivity contribution in [2.45, 2.75) is 18.7 Å². The smallest absolute Gasteiger partial charge is 1.00 e. The summed E-state index contributed by atoms with van der Waals surface area (Å²) in [6.07, 6.45) is 0.724. The third-order valence-corrected chi connectivity index (χ3v) is 2.49. The third kappa shape index (κ3) is 26.6. The van der Waals surface area contributed by atoms with Crippen LogP contribution in [0.4, 0.5) is 0 Å². The third-order valence-electron chi connectivity index (χ3n) is 1.46. The number of aliphatic hydroxyl groups is 1. The van der Waals surface area contributed by atoms with Crippen LogP contribution in [-0.2, 0) is 9.13 Å². The van der Waals surface area contributed by atoms with Gasteiger partial charge in [0.1, 0.15) is 0 Å². The molecule has 0 aliphatic rings. The molecule has 0 aliphatic carbocycles. The van der Waals surface area contributed by atoms with Crippen LogP contribution >= 0.6 is 15.9 Å². The Morgan fingerprint density at radius 2 is 1.61 bits per heavy atom. The van der Waals surface area contributed by atoms with Crippen molar-refractivity contribution in [2.75, 3.05) is 20.6 Å². The molecule has 0 amide bonds. The van der Waals surface area contributed by atoms with E-state index >= 15 is 0 Å². The Morgan fingerprint density at radius 1 is 1.28 bits per heavy atom. The van der Waals surface area contributed by atoms with Gasteiger partial charge in [0.05, 0.1) is 0 Å². The Hall–Kier alpha value is 2.09. The molecule has 0 aliphatic heterocycles. The summed E-state index contributed by atoms with van der Waals surface area (Å²) in [5.41, 5.74) is 0. The van der Waals surface area contributed by atoms with Crippen LogP contribution in [0.1, 0.15) is 15.7 Å². The minimum atomic E-state index is -4.28. The first-order valence-electron chi connectivity index (χ1n) is 4.30. The first-order chi connectivity index (χ1) is 7.07. The van der Waals surface area contributed by atoms with Crippen LogP contribution in [0, 0.1) is 0 Å². The molecule has 12 heteroatoms. The molecule has 1 unspecified atom stereocenters. The summed E-state index contributed by atoms with van der Waals surface area (Å²) in [4.78, 5) is 33.1. The van der Waals surface area contributed by atoms with Crippen molar-refractivity contribution < 1.29 is 95.8 Å². The predicted molar refractivity (Wildman–Crippen MR) is 60.1 cm³/mol. The normalized spacial score (nSPS) is 11.6. The Labute approximate surface area is 154 Å². The molecule has 18 heavy (non-hydrogen) atoms. The molecular formula is C6H20NNa2O7P2+. The van der Waals surface area contributed by atoms with Crippen LogP contribution < -0.4 is 59.1 Å². The Kier molecular flexibility index (Phi) is 24.3. The molecule has 0 spiro atoms. The molecule has 0 saturated carbocycles. The number of hydrogen-bond donors (Lipinski definition) is 5. The first-order valence-corrected chi connectivity index (χ1v) is 7.15. The van der Waals surface area contributed by atoms with Crippen LogP contribution in [0.25, 0.3) is 0 Å². The van der Waals surface area contributed by atoms with Crippen molar-refractivity contribution in [3.05, 3.63) is 0 Å². The summed E-state index contributed by atoms with van der Waals surface area (Å²) in [6, 6.07) is 0. The molecule has 8 nitrogen and oxygen atoms in total. The molecule has 0 fully saturated rings. The van der Waals surface area contributed by atoms with Crippen LogP contribution in [-0.4, -0.2) is 56.1 Å². The van der Waals surface area contributed by atoms with E-state index in [-0.39, 0.29) is 68.4 Å². The van der Waals surface area contributed by atoms with Gasteiger partial charge in [-0.2, -0.15) is 0 Å². The maximum Gasteiger partial charge on any atom is 1.00 e. The summed E-state index contributed by atoms with van der Waals surface area (Å²) in [5.74, 6) is -1.50. The van der Waals surface area contributed by atoms with E-state index < -0.39 is 21.7 Å². The zero-order valence-corrected chi connectivity index (χ0v) is 16.9. The molecular weight excluding hydrogens is 306 g/mol. The quantitative estimate of drug-likeness (QED) is 0.248. The van der Waals surface area contributed by atoms with Gasteiger partial charge in [-0.3, -0.25) is 4.57 Å². The average Bonchev–Trinajstić information content (AvgIpc) is 2.00. The summed E-state index contributed by atoms with van der Waals surface area (Å²) in [7, 11) is -3.42. The van der Waals surface area contributed by atoms with Gasteiger partial charge >= 0.3 is 75.0 Å². The molecule has 0 heterocycles. The van der Waals surface area contributed by atoms with Gasteiger partial charge in [0, 0.05) is 4.57 Å². The monoisotopic (exact) mass is 326 g/mol. The first kappa shape index (κ1) is 28.3. The summed E-state index contributed by atoms with van der Waals surface area (Å²) < 4.78 is 19.1. The van der Waals surface area contributed by atoms with Gasteiger partial charge in [-0.25, -0.2) is 0 Å². The second-order valence-electron chi connectivity index (χ2n) is 3.27. The van der Waals surface area contributed by atoms with Gasteiger partial charge in [0.2, 0.25) is 0 Å². The molecule has 0 aromatic heterocycles. The SMILES string of the molecule is CN(C)CCCC(O)P(=O)(O)O.O=[P+](O)O.[H-].[H-].[Na+].[Na+]. The Bertz CT molecular complexity index is 255. The second-order valence-corrected chi connectivity index (χ2v) is 5.55. The molecule has 0 rings (SSSR count). The molecule has 0 aromatic rings. The fourth-order valence-electron chi connectivity index (χ4n) is 0.758. The fraction of sp³-hybridized carbons (Fsp3) is 1.00. The molecule has 102 valence electrons. The van der Waals surface area contributed by atoms with Crippen molar-refractivity contribution in [3.63, 3.8) is 0 Å². The van der Waals surface area contributed by atoms with Gasteiger partial charge in [0.25, 0.3) is 0 Å². The molecule has 5 N–H and O–H groups in total. The van der Waals surface area contributed by atoms with Gasteiger partial charge in [-0.05, 0) is 33.5 Å². The van der Waals surface area contributed by atoms with Crippen molar-refractivity contribution in [1.29, 1.82) is 0 Å². The number of nitrogens with zero attached hydrogens (tertiary/aromatic N) is 1. The number of hydrogen-bond acceptors (Lipinski definition) is 4. The standard InChI is InChI=1S/C6H16NO4P.2Na.HO3P.2H/c1-7(2)5-3-4-6(8)12(9,10)11;;;1-4(2)3;;/h6,8H,3-5H2,1-2H3,(H2,9,10,11);;;(H-,1,2,3);;/q;2*+1;;2*-1/p+1. The Morgan fingerprint density at radius 3 is 1.83 bits per heavy atom. The van der Waals surface area contributed by atoms with Crippen LogP contribution in [0.2, 0.25) is 0 Å². The zero-order chi connectivity index (χ0) is 13.4. The van der Waals surface area contributed by atoms with E-state index in [1.807, 2.05) is 19.0 Å². The minimum Gasteiger partial charge on any atom is -1.00 e. The zero-order valence-electron chi connectivity index (χ0n) is 13.1. The Balaban J connectivity index is -0.0000000547. The second kappa shape index (κ2) is 15.5. The number of aliphatic hydroxyl groups excluding tert-OH is 1. The maximum atomic E-state index is 10.4. The van der Waals surface area contributed by atoms with Gasteiger partial charge < -0.3 is 22.6 Å². The topological polar surface area (TPSA) is 139 Å². The van der Waals surface area contributed by atoms with Crippen molar-refractivity contribution in [3.8, 4) is 0 Å². The molecule has 0 bridgehead atoms. The molecule has 0 saturated heterocycles. The van der Waals surface area contributed by atoms with E-state index in [9.17, 15) is 4.57 Å². The summed E-state index contributed by atoms with van der Waals surface area (Å²) >= 11 is 0. The van der Waals surface area contributed by atoms with E-state index in [4.69, 9.17) is 29.2 Å². The largest absolute Gasteiger partial charge is 1.00 e. The molecule has 1 atom stereocenters. The minimum absolute atomic E-state index is 0. The van der Waals surface area contributed by atoms with Crippen molar-refractivity contribution >= 4 is 15.9 Å². The van der Waals surface area contributed by atoms with Crippen LogP contribution in [0.5, 0.6) is 0 Å². The number of rotatable bonds is 5.